The molecular weight excluding hydrogens is 297 g/mol. The smallest absolute Gasteiger partial charge is 0.207 e. The SMILES string of the molecule is CCn1nc(C)c2nc(N)n(-c3ccc(Cl)c(Cl)c3)c21. The molecule has 0 radical (unpaired) electrons. The molecule has 0 saturated heterocycles. The highest BCUT2D eigenvalue weighted by Crippen LogP contribution is 2.29. The summed E-state index contributed by atoms with van der Waals surface area (Å²) >= 11 is 12.0. The van der Waals surface area contributed by atoms with Gasteiger partial charge in [-0.05, 0) is 32.0 Å². The first-order valence-electron chi connectivity index (χ1n) is 6.19. The monoisotopic (exact) mass is 309 g/mol. The number of imidazole rings is 1. The average Bonchev–Trinajstić information content (AvgIpc) is 2.90. The lowest BCUT2D eigenvalue weighted by molar-refractivity contribution is 0.663. The number of hydrogen-bond acceptors (Lipinski definition) is 3. The molecule has 0 amide bonds. The van der Waals surface area contributed by atoms with E-state index in [0.717, 1.165) is 29.1 Å². The van der Waals surface area contributed by atoms with Crippen LogP contribution in [-0.4, -0.2) is 19.3 Å². The van der Waals surface area contributed by atoms with Crippen molar-refractivity contribution in [3.63, 3.8) is 0 Å². The Morgan fingerprint density at radius 2 is 2.00 bits per heavy atom. The number of anilines is 1. The molecule has 0 unspecified atom stereocenters. The van der Waals surface area contributed by atoms with Gasteiger partial charge in [-0.1, -0.05) is 23.2 Å². The van der Waals surface area contributed by atoms with E-state index in [-0.39, 0.29) is 0 Å². The molecule has 0 aliphatic carbocycles. The van der Waals surface area contributed by atoms with Gasteiger partial charge in [0.1, 0.15) is 5.52 Å². The van der Waals surface area contributed by atoms with E-state index in [9.17, 15) is 0 Å². The van der Waals surface area contributed by atoms with Gasteiger partial charge in [-0.25, -0.2) is 9.67 Å². The minimum Gasteiger partial charge on any atom is -0.369 e. The van der Waals surface area contributed by atoms with Gasteiger partial charge < -0.3 is 5.73 Å². The zero-order valence-corrected chi connectivity index (χ0v) is 12.6. The molecule has 0 bridgehead atoms. The van der Waals surface area contributed by atoms with Crippen molar-refractivity contribution in [1.29, 1.82) is 0 Å². The predicted octanol–water partition coefficient (Wildman–Crippen LogP) is 3.44. The van der Waals surface area contributed by atoms with Gasteiger partial charge >= 0.3 is 0 Å². The number of rotatable bonds is 2. The highest BCUT2D eigenvalue weighted by molar-refractivity contribution is 6.42. The third kappa shape index (κ3) is 1.85. The van der Waals surface area contributed by atoms with Gasteiger partial charge in [-0.15, -0.1) is 0 Å². The molecule has 3 aromatic rings. The van der Waals surface area contributed by atoms with E-state index in [4.69, 9.17) is 28.9 Å². The maximum atomic E-state index is 6.08. The lowest BCUT2D eigenvalue weighted by Crippen LogP contribution is -2.06. The number of aryl methyl sites for hydroxylation is 2. The van der Waals surface area contributed by atoms with Gasteiger partial charge in [0.05, 0.1) is 21.4 Å². The maximum absolute atomic E-state index is 6.08. The maximum Gasteiger partial charge on any atom is 0.207 e. The summed E-state index contributed by atoms with van der Waals surface area (Å²) in [5, 5.41) is 5.44. The molecule has 2 aromatic heterocycles. The van der Waals surface area contributed by atoms with Crippen LogP contribution >= 0.6 is 23.2 Å². The zero-order valence-electron chi connectivity index (χ0n) is 11.1. The first-order valence-corrected chi connectivity index (χ1v) is 6.95. The summed E-state index contributed by atoms with van der Waals surface area (Å²) < 4.78 is 3.71. The van der Waals surface area contributed by atoms with E-state index >= 15 is 0 Å². The molecule has 2 heterocycles. The Balaban J connectivity index is 2.34. The van der Waals surface area contributed by atoms with Crippen LogP contribution in [0.15, 0.2) is 18.2 Å². The lowest BCUT2D eigenvalue weighted by Gasteiger charge is -2.09. The van der Waals surface area contributed by atoms with Crippen LogP contribution < -0.4 is 5.73 Å². The molecule has 0 aliphatic heterocycles. The second-order valence-corrected chi connectivity index (χ2v) is 5.29. The van der Waals surface area contributed by atoms with Crippen LogP contribution in [0.4, 0.5) is 5.95 Å². The molecule has 0 fully saturated rings. The quantitative estimate of drug-likeness (QED) is 0.788. The standard InChI is InChI=1S/C13H13Cl2N5/c1-3-19-12-11(7(2)18-19)17-13(16)20(12)8-4-5-9(14)10(15)6-8/h4-6H,3H2,1-2H3,(H2,16,17). The second kappa shape index (κ2) is 4.68. The fourth-order valence-electron chi connectivity index (χ4n) is 2.28. The number of nitrogen functional groups attached to an aromatic ring is 1. The summed E-state index contributed by atoms with van der Waals surface area (Å²) in [6.07, 6.45) is 0. The van der Waals surface area contributed by atoms with E-state index < -0.39 is 0 Å². The summed E-state index contributed by atoms with van der Waals surface area (Å²) in [4.78, 5) is 4.39. The van der Waals surface area contributed by atoms with Crippen LogP contribution in [0, 0.1) is 6.92 Å². The van der Waals surface area contributed by atoms with Crippen molar-refractivity contribution in [2.24, 2.45) is 0 Å². The van der Waals surface area contributed by atoms with Crippen molar-refractivity contribution in [3.05, 3.63) is 33.9 Å². The van der Waals surface area contributed by atoms with Crippen LogP contribution in [0.2, 0.25) is 10.0 Å². The third-order valence-corrected chi connectivity index (χ3v) is 3.94. The van der Waals surface area contributed by atoms with Gasteiger partial charge in [0, 0.05) is 6.54 Å². The number of nitrogens with zero attached hydrogens (tertiary/aromatic N) is 4. The lowest BCUT2D eigenvalue weighted by atomic mass is 10.3. The Morgan fingerprint density at radius 1 is 1.25 bits per heavy atom. The van der Waals surface area contributed by atoms with Gasteiger partial charge in [-0.2, -0.15) is 5.10 Å². The highest BCUT2D eigenvalue weighted by Gasteiger charge is 2.18. The molecule has 0 atom stereocenters. The van der Waals surface area contributed by atoms with Crippen molar-refractivity contribution in [1.82, 2.24) is 19.3 Å². The molecular formula is C13H13Cl2N5. The van der Waals surface area contributed by atoms with Gasteiger partial charge in [0.15, 0.2) is 5.65 Å². The number of halogens is 2. The van der Waals surface area contributed by atoms with E-state index in [1.165, 1.54) is 0 Å². The van der Waals surface area contributed by atoms with Crippen LogP contribution in [0.5, 0.6) is 0 Å². The summed E-state index contributed by atoms with van der Waals surface area (Å²) in [5.41, 5.74) is 9.38. The predicted molar refractivity (Wildman–Crippen MR) is 81.7 cm³/mol. The second-order valence-electron chi connectivity index (χ2n) is 4.48. The Morgan fingerprint density at radius 3 is 2.65 bits per heavy atom. The largest absolute Gasteiger partial charge is 0.369 e. The number of benzene rings is 1. The van der Waals surface area contributed by atoms with Gasteiger partial charge in [0.2, 0.25) is 5.95 Å². The summed E-state index contributed by atoms with van der Waals surface area (Å²) in [6, 6.07) is 5.36. The third-order valence-electron chi connectivity index (χ3n) is 3.20. The van der Waals surface area contributed by atoms with Crippen molar-refractivity contribution >= 4 is 40.3 Å². The molecule has 0 aliphatic rings. The minimum atomic E-state index is 0.404. The average molecular weight is 310 g/mol. The molecule has 3 rings (SSSR count). The molecule has 0 saturated carbocycles. The first-order chi connectivity index (χ1) is 9.52. The van der Waals surface area contributed by atoms with Crippen molar-refractivity contribution in [3.8, 4) is 5.69 Å². The molecule has 5 nitrogen and oxygen atoms in total. The fourth-order valence-corrected chi connectivity index (χ4v) is 2.58. The summed E-state index contributed by atoms with van der Waals surface area (Å²) in [7, 11) is 0. The van der Waals surface area contributed by atoms with Crippen LogP contribution in [0.1, 0.15) is 12.6 Å². The topological polar surface area (TPSA) is 61.7 Å². The number of fused-ring (bicyclic) bond motifs is 1. The van der Waals surface area contributed by atoms with Crippen molar-refractivity contribution < 1.29 is 0 Å². The Hall–Kier alpha value is -1.72. The molecule has 20 heavy (non-hydrogen) atoms. The van der Waals surface area contributed by atoms with Crippen molar-refractivity contribution in [2.75, 3.05) is 5.73 Å². The van der Waals surface area contributed by atoms with Crippen LogP contribution in [0.3, 0.4) is 0 Å². The van der Waals surface area contributed by atoms with Crippen molar-refractivity contribution in [2.45, 2.75) is 20.4 Å². The fraction of sp³-hybridized carbons (Fsp3) is 0.231. The van der Waals surface area contributed by atoms with Gasteiger partial charge in [-0.3, -0.25) is 4.57 Å². The van der Waals surface area contributed by atoms with E-state index in [0.29, 0.717) is 16.0 Å². The Bertz CT molecular complexity index is 803. The van der Waals surface area contributed by atoms with Crippen LogP contribution in [-0.2, 0) is 6.54 Å². The van der Waals surface area contributed by atoms with Gasteiger partial charge in [0.25, 0.3) is 0 Å². The molecule has 7 heteroatoms. The van der Waals surface area contributed by atoms with E-state index in [1.54, 1.807) is 12.1 Å². The summed E-state index contributed by atoms with van der Waals surface area (Å²) in [6.45, 7) is 4.67. The molecule has 0 spiro atoms. The zero-order chi connectivity index (χ0) is 14.4. The normalized spacial score (nSPS) is 11.4. The van der Waals surface area contributed by atoms with E-state index in [1.807, 2.05) is 29.2 Å². The Labute approximate surface area is 125 Å². The van der Waals surface area contributed by atoms with Crippen LogP contribution in [0.25, 0.3) is 16.9 Å². The molecule has 104 valence electrons. The number of hydrogen-bond donors (Lipinski definition) is 1. The first kappa shape index (κ1) is 13.3. The molecule has 2 N–H and O–H groups in total. The van der Waals surface area contributed by atoms with E-state index in [2.05, 4.69) is 10.1 Å². The Kier molecular flexibility index (Phi) is 3.11. The highest BCUT2D eigenvalue weighted by atomic mass is 35.5. The minimum absolute atomic E-state index is 0.404. The molecule has 1 aromatic carbocycles. The number of nitrogens with two attached hydrogens (primary N) is 1. The number of aromatic nitrogens is 4. The summed E-state index contributed by atoms with van der Waals surface area (Å²) in [5.74, 6) is 0.404.